The highest BCUT2D eigenvalue weighted by atomic mass is 79.9. The van der Waals surface area contributed by atoms with Gasteiger partial charge in [-0.1, -0.05) is 34.1 Å². The van der Waals surface area contributed by atoms with E-state index in [0.717, 1.165) is 53.1 Å². The van der Waals surface area contributed by atoms with E-state index in [1.165, 1.54) is 0 Å². The molecule has 0 radical (unpaired) electrons. The number of halogens is 1. The lowest BCUT2D eigenvalue weighted by molar-refractivity contribution is 0.0950. The van der Waals surface area contributed by atoms with Crippen molar-refractivity contribution in [2.45, 2.75) is 0 Å². The van der Waals surface area contributed by atoms with Crippen LogP contribution in [0.2, 0.25) is 0 Å². The summed E-state index contributed by atoms with van der Waals surface area (Å²) in [4.78, 5) is 29.2. The first kappa shape index (κ1) is 25.1. The van der Waals surface area contributed by atoms with E-state index in [1.807, 2.05) is 49.5 Å². The molecular weight excluding hydrogens is 534 g/mol. The number of ether oxygens (including phenoxy) is 1. The second-order valence-corrected chi connectivity index (χ2v) is 9.46. The monoisotopic (exact) mass is 561 g/mol. The van der Waals surface area contributed by atoms with E-state index in [2.05, 4.69) is 63.9 Å². The number of benzene rings is 2. The molecule has 3 N–H and O–H groups in total. The van der Waals surface area contributed by atoms with Crippen molar-refractivity contribution in [3.05, 3.63) is 71.0 Å². The molecule has 0 atom stereocenters. The fourth-order valence-corrected chi connectivity index (χ4v) is 4.67. The number of anilines is 3. The molecule has 1 fully saturated rings. The van der Waals surface area contributed by atoms with Crippen molar-refractivity contribution in [3.63, 3.8) is 0 Å². The van der Waals surface area contributed by atoms with Gasteiger partial charge in [-0.2, -0.15) is 4.98 Å². The number of rotatable bonds is 8. The van der Waals surface area contributed by atoms with Crippen LogP contribution in [0.25, 0.3) is 22.2 Å². The first-order valence-corrected chi connectivity index (χ1v) is 13.0. The van der Waals surface area contributed by atoms with Crippen LogP contribution in [-0.4, -0.2) is 67.3 Å². The van der Waals surface area contributed by atoms with Crippen molar-refractivity contribution >= 4 is 50.2 Å². The number of aromatic nitrogens is 3. The van der Waals surface area contributed by atoms with E-state index in [9.17, 15) is 4.79 Å². The Morgan fingerprint density at radius 1 is 1.03 bits per heavy atom. The standard InChI is InChI=1S/C27H28BrN7O2/c1-29-10-11-30-26(36)24-22(21-4-2-3-5-23(21)28)16-18-17-31-27(34-25(18)33-24)32-19-6-8-20(9-7-19)35-12-14-37-15-13-35/h2-9,16-17,29H,10-15H2,1H3,(H,30,36)(H,31,32,33,34). The Balaban J connectivity index is 1.44. The molecule has 1 aliphatic heterocycles. The summed E-state index contributed by atoms with van der Waals surface area (Å²) in [7, 11) is 1.84. The van der Waals surface area contributed by atoms with Gasteiger partial charge in [0.2, 0.25) is 5.95 Å². The Hall–Kier alpha value is -3.60. The number of carbonyl (C=O) groups excluding carboxylic acids is 1. The second-order valence-electron chi connectivity index (χ2n) is 8.60. The average molecular weight is 562 g/mol. The summed E-state index contributed by atoms with van der Waals surface area (Å²) in [6.45, 7) is 4.41. The lowest BCUT2D eigenvalue weighted by atomic mass is 10.0. The minimum Gasteiger partial charge on any atom is -0.378 e. The Kier molecular flexibility index (Phi) is 7.88. The van der Waals surface area contributed by atoms with Gasteiger partial charge in [-0.25, -0.2) is 9.97 Å². The Labute approximate surface area is 223 Å². The van der Waals surface area contributed by atoms with Gasteiger partial charge in [0.15, 0.2) is 5.65 Å². The zero-order valence-corrected chi connectivity index (χ0v) is 22.1. The van der Waals surface area contributed by atoms with Crippen LogP contribution in [0.4, 0.5) is 17.3 Å². The molecule has 3 heterocycles. The third-order valence-corrected chi connectivity index (χ3v) is 6.80. The largest absolute Gasteiger partial charge is 0.378 e. The smallest absolute Gasteiger partial charge is 0.270 e. The molecule has 0 saturated carbocycles. The van der Waals surface area contributed by atoms with Crippen molar-refractivity contribution in [1.82, 2.24) is 25.6 Å². The van der Waals surface area contributed by atoms with Gasteiger partial charge in [-0.05, 0) is 49.0 Å². The van der Waals surface area contributed by atoms with Gasteiger partial charge in [-0.3, -0.25) is 4.79 Å². The molecule has 10 heteroatoms. The van der Waals surface area contributed by atoms with Gasteiger partial charge >= 0.3 is 0 Å². The van der Waals surface area contributed by atoms with Gasteiger partial charge in [-0.15, -0.1) is 0 Å². The fraction of sp³-hybridized carbons (Fsp3) is 0.259. The van der Waals surface area contributed by atoms with Gasteiger partial charge in [0.25, 0.3) is 5.91 Å². The molecule has 37 heavy (non-hydrogen) atoms. The fourth-order valence-electron chi connectivity index (χ4n) is 4.17. The molecule has 0 aliphatic carbocycles. The number of pyridine rings is 1. The summed E-state index contributed by atoms with van der Waals surface area (Å²) in [6.07, 6.45) is 1.72. The molecule has 190 valence electrons. The topological polar surface area (TPSA) is 104 Å². The normalized spacial score (nSPS) is 13.5. The van der Waals surface area contributed by atoms with Crippen LogP contribution in [0.15, 0.2) is 65.3 Å². The van der Waals surface area contributed by atoms with Crippen LogP contribution < -0.4 is 20.9 Å². The number of nitrogens with one attached hydrogen (secondary N) is 3. The lowest BCUT2D eigenvalue weighted by Crippen LogP contribution is -2.36. The van der Waals surface area contributed by atoms with Crippen LogP contribution in [-0.2, 0) is 4.74 Å². The summed E-state index contributed by atoms with van der Waals surface area (Å²) >= 11 is 3.60. The first-order chi connectivity index (χ1) is 18.1. The molecule has 0 bridgehead atoms. The number of likely N-dealkylation sites (N-methyl/N-ethyl adjacent to an activating group) is 1. The summed E-state index contributed by atoms with van der Waals surface area (Å²) in [5, 5.41) is 9.96. The van der Waals surface area contributed by atoms with Crippen molar-refractivity contribution in [2.24, 2.45) is 0 Å². The third-order valence-electron chi connectivity index (χ3n) is 6.11. The Morgan fingerprint density at radius 2 is 1.81 bits per heavy atom. The van der Waals surface area contributed by atoms with Gasteiger partial charge in [0.1, 0.15) is 5.69 Å². The highest BCUT2D eigenvalue weighted by Crippen LogP contribution is 2.32. The summed E-state index contributed by atoms with van der Waals surface area (Å²) in [6, 6.07) is 17.8. The molecule has 2 aromatic carbocycles. The molecule has 2 aromatic heterocycles. The first-order valence-electron chi connectivity index (χ1n) is 12.2. The molecule has 1 saturated heterocycles. The van der Waals surface area contributed by atoms with E-state index in [1.54, 1.807) is 6.20 Å². The molecule has 0 spiro atoms. The van der Waals surface area contributed by atoms with Gasteiger partial charge in [0, 0.05) is 59.2 Å². The number of amides is 1. The zero-order valence-electron chi connectivity index (χ0n) is 20.5. The molecule has 0 unspecified atom stereocenters. The Morgan fingerprint density at radius 3 is 2.57 bits per heavy atom. The van der Waals surface area contributed by atoms with Gasteiger partial charge < -0.3 is 25.6 Å². The van der Waals surface area contributed by atoms with Crippen molar-refractivity contribution < 1.29 is 9.53 Å². The average Bonchev–Trinajstić information content (AvgIpc) is 2.93. The molecular formula is C27H28BrN7O2. The third kappa shape index (κ3) is 5.87. The number of carbonyl (C=O) groups is 1. The highest BCUT2D eigenvalue weighted by molar-refractivity contribution is 9.10. The maximum atomic E-state index is 13.1. The van der Waals surface area contributed by atoms with Crippen LogP contribution in [0.3, 0.4) is 0 Å². The molecule has 1 amide bonds. The predicted molar refractivity (Wildman–Crippen MR) is 149 cm³/mol. The van der Waals surface area contributed by atoms with Crippen LogP contribution in [0, 0.1) is 0 Å². The number of hydrogen-bond acceptors (Lipinski definition) is 8. The van der Waals surface area contributed by atoms with Crippen LogP contribution >= 0.6 is 15.9 Å². The second kappa shape index (κ2) is 11.6. The maximum absolute atomic E-state index is 13.1. The lowest BCUT2D eigenvalue weighted by Gasteiger charge is -2.28. The molecule has 9 nitrogen and oxygen atoms in total. The van der Waals surface area contributed by atoms with Crippen LogP contribution in [0.1, 0.15) is 10.5 Å². The number of nitrogens with zero attached hydrogens (tertiary/aromatic N) is 4. The van der Waals surface area contributed by atoms with Crippen molar-refractivity contribution in [2.75, 3.05) is 56.7 Å². The SMILES string of the molecule is CNCCNC(=O)c1nc2nc(Nc3ccc(N4CCOCC4)cc3)ncc2cc1-c1ccccc1Br. The highest BCUT2D eigenvalue weighted by Gasteiger charge is 2.19. The van der Waals surface area contributed by atoms with Gasteiger partial charge in [0.05, 0.1) is 13.2 Å². The quantitative estimate of drug-likeness (QED) is 0.277. The molecule has 5 rings (SSSR count). The minimum absolute atomic E-state index is 0.255. The number of morpholine rings is 1. The number of fused-ring (bicyclic) bond motifs is 1. The maximum Gasteiger partial charge on any atom is 0.270 e. The Bertz CT molecular complexity index is 1390. The van der Waals surface area contributed by atoms with E-state index in [0.29, 0.717) is 35.9 Å². The van der Waals surface area contributed by atoms with E-state index >= 15 is 0 Å². The summed E-state index contributed by atoms with van der Waals surface area (Å²) in [5.41, 5.74) is 4.37. The van der Waals surface area contributed by atoms with Crippen LogP contribution in [0.5, 0.6) is 0 Å². The molecule has 4 aromatic rings. The molecule has 1 aliphatic rings. The van der Waals surface area contributed by atoms with Crippen molar-refractivity contribution in [1.29, 1.82) is 0 Å². The summed E-state index contributed by atoms with van der Waals surface area (Å²) in [5.74, 6) is 0.157. The number of hydrogen-bond donors (Lipinski definition) is 3. The van der Waals surface area contributed by atoms with Crippen molar-refractivity contribution in [3.8, 4) is 11.1 Å². The van der Waals surface area contributed by atoms with E-state index in [-0.39, 0.29) is 5.91 Å². The summed E-state index contributed by atoms with van der Waals surface area (Å²) < 4.78 is 6.31. The van der Waals surface area contributed by atoms with E-state index < -0.39 is 0 Å². The van der Waals surface area contributed by atoms with E-state index in [4.69, 9.17) is 4.74 Å². The minimum atomic E-state index is -0.255. The predicted octanol–water partition coefficient (Wildman–Crippen LogP) is 3.98. The zero-order chi connectivity index (χ0) is 25.6.